The van der Waals surface area contributed by atoms with Gasteiger partial charge in [0, 0.05) is 0 Å². The summed E-state index contributed by atoms with van der Waals surface area (Å²) in [5.74, 6) is -5.13. The number of aliphatic carboxylic acids is 1. The van der Waals surface area contributed by atoms with Crippen molar-refractivity contribution in [1.29, 1.82) is 0 Å². The molecule has 2 N–H and O–H groups in total. The Bertz CT molecular complexity index is 304. The molecule has 0 unspecified atom stereocenters. The molecule has 11 heteroatoms. The molecule has 5 nitrogen and oxygen atoms in total. The Morgan fingerprint density at radius 1 is 1.00 bits per heavy atom. The van der Waals surface area contributed by atoms with Gasteiger partial charge in [0.25, 0.3) is 0 Å². The molecule has 0 fully saturated rings. The summed E-state index contributed by atoms with van der Waals surface area (Å²) < 4.78 is 74.9. The van der Waals surface area contributed by atoms with E-state index in [0.717, 1.165) is 0 Å². The molecule has 0 aromatic rings. The molecule has 100 valence electrons. The van der Waals surface area contributed by atoms with Gasteiger partial charge in [-0.3, -0.25) is 0 Å². The van der Waals surface area contributed by atoms with Crippen molar-refractivity contribution in [2.75, 3.05) is 6.61 Å². The molecule has 0 radical (unpaired) electrons. The highest BCUT2D eigenvalue weighted by Gasteiger charge is 2.76. The van der Waals surface area contributed by atoms with E-state index in [1.807, 2.05) is 0 Å². The second kappa shape index (κ2) is 4.39. The van der Waals surface area contributed by atoms with Crippen LogP contribution in [0.2, 0.25) is 0 Å². The van der Waals surface area contributed by atoms with Crippen LogP contribution in [0.3, 0.4) is 0 Å². The number of carbonyl (C=O) groups is 2. The zero-order chi connectivity index (χ0) is 14.1. The summed E-state index contributed by atoms with van der Waals surface area (Å²) in [7, 11) is 0. The molecule has 0 aliphatic carbocycles. The summed E-state index contributed by atoms with van der Waals surface area (Å²) in [5.41, 5.74) is -5.75. The highest BCUT2D eigenvalue weighted by atomic mass is 19.4. The summed E-state index contributed by atoms with van der Waals surface area (Å²) in [4.78, 5) is 20.3. The SMILES string of the molecule is O=C(O)COC(=O)C(O)(C(F)(F)F)C(F)(F)F. The lowest BCUT2D eigenvalue weighted by atomic mass is 10.0. The van der Waals surface area contributed by atoms with Crippen LogP contribution in [-0.4, -0.2) is 46.7 Å². The second-order valence-electron chi connectivity index (χ2n) is 2.68. The summed E-state index contributed by atoms with van der Waals surface area (Å²) >= 11 is 0. The Labute approximate surface area is 88.6 Å². The van der Waals surface area contributed by atoms with Crippen LogP contribution in [0.1, 0.15) is 0 Å². The van der Waals surface area contributed by atoms with Crippen LogP contribution in [0.15, 0.2) is 0 Å². The van der Waals surface area contributed by atoms with E-state index in [1.54, 1.807) is 0 Å². The van der Waals surface area contributed by atoms with Crippen molar-refractivity contribution >= 4 is 11.9 Å². The van der Waals surface area contributed by atoms with E-state index < -0.39 is 36.5 Å². The first-order valence-electron chi connectivity index (χ1n) is 3.59. The highest BCUT2D eigenvalue weighted by molar-refractivity contribution is 5.83. The number of ether oxygens (including phenoxy) is 1. The Morgan fingerprint density at radius 3 is 1.59 bits per heavy atom. The van der Waals surface area contributed by atoms with Crippen molar-refractivity contribution in [2.24, 2.45) is 0 Å². The zero-order valence-corrected chi connectivity index (χ0v) is 7.59. The fourth-order valence-corrected chi connectivity index (χ4v) is 0.624. The van der Waals surface area contributed by atoms with E-state index in [9.17, 15) is 35.9 Å². The van der Waals surface area contributed by atoms with E-state index in [4.69, 9.17) is 10.2 Å². The van der Waals surface area contributed by atoms with Gasteiger partial charge in [-0.2, -0.15) is 26.3 Å². The summed E-state index contributed by atoms with van der Waals surface area (Å²) in [6, 6.07) is 0. The van der Waals surface area contributed by atoms with Crippen molar-refractivity contribution < 1.29 is 50.9 Å². The molecule has 0 spiro atoms. The van der Waals surface area contributed by atoms with Crippen LogP contribution in [0.25, 0.3) is 0 Å². The van der Waals surface area contributed by atoms with Gasteiger partial charge in [-0.25, -0.2) is 9.59 Å². The first-order valence-corrected chi connectivity index (χ1v) is 3.59. The molecule has 0 rings (SSSR count). The van der Waals surface area contributed by atoms with Gasteiger partial charge in [0.05, 0.1) is 0 Å². The van der Waals surface area contributed by atoms with Crippen molar-refractivity contribution in [3.63, 3.8) is 0 Å². The molecule has 0 aromatic heterocycles. The highest BCUT2D eigenvalue weighted by Crippen LogP contribution is 2.43. The summed E-state index contributed by atoms with van der Waals surface area (Å²) in [6.45, 7) is -1.74. The number of carboxylic acids is 1. The Kier molecular flexibility index (Phi) is 4.00. The molecule has 0 aliphatic rings. The second-order valence-corrected chi connectivity index (χ2v) is 2.68. The third-order valence-electron chi connectivity index (χ3n) is 1.44. The quantitative estimate of drug-likeness (QED) is 0.575. The van der Waals surface area contributed by atoms with Crippen molar-refractivity contribution in [3.8, 4) is 0 Å². The number of hydrogen-bond acceptors (Lipinski definition) is 4. The third kappa shape index (κ3) is 2.99. The van der Waals surface area contributed by atoms with Crippen LogP contribution in [0.4, 0.5) is 26.3 Å². The summed E-state index contributed by atoms with van der Waals surface area (Å²) in [5, 5.41) is 16.3. The van der Waals surface area contributed by atoms with Gasteiger partial charge in [-0.15, -0.1) is 0 Å². The van der Waals surface area contributed by atoms with E-state index >= 15 is 0 Å². The normalized spacial score (nSPS) is 13.4. The average Bonchev–Trinajstić information content (AvgIpc) is 2.08. The van der Waals surface area contributed by atoms with Crippen molar-refractivity contribution in [3.05, 3.63) is 0 Å². The zero-order valence-electron chi connectivity index (χ0n) is 7.59. The molecule has 0 aliphatic heterocycles. The van der Waals surface area contributed by atoms with Crippen molar-refractivity contribution in [1.82, 2.24) is 0 Å². The molecule has 0 amide bonds. The van der Waals surface area contributed by atoms with Gasteiger partial charge in [-0.1, -0.05) is 0 Å². The van der Waals surface area contributed by atoms with Gasteiger partial charge in [0.1, 0.15) is 0 Å². The number of aliphatic hydroxyl groups is 1. The Hall–Kier alpha value is -1.52. The minimum atomic E-state index is -6.39. The fraction of sp³-hybridized carbons (Fsp3) is 0.667. The number of hydrogen-bond donors (Lipinski definition) is 2. The monoisotopic (exact) mass is 270 g/mol. The molecular formula is C6H4F6O5. The van der Waals surface area contributed by atoms with Crippen LogP contribution in [0, 0.1) is 0 Å². The molecule has 0 aromatic carbocycles. The molecule has 0 bridgehead atoms. The minimum absolute atomic E-state index is 1.74. The first-order chi connectivity index (χ1) is 7.34. The number of carboxylic acid groups (broad SMARTS) is 1. The van der Waals surface area contributed by atoms with Gasteiger partial charge in [0.15, 0.2) is 6.61 Å². The van der Waals surface area contributed by atoms with Gasteiger partial charge in [-0.05, 0) is 0 Å². The maximum Gasteiger partial charge on any atom is 0.437 e. The first kappa shape index (κ1) is 15.5. The van der Waals surface area contributed by atoms with Gasteiger partial charge in [0.2, 0.25) is 0 Å². The minimum Gasteiger partial charge on any atom is -0.479 e. The van der Waals surface area contributed by atoms with Crippen molar-refractivity contribution in [2.45, 2.75) is 18.0 Å². The number of rotatable bonds is 3. The van der Waals surface area contributed by atoms with E-state index in [1.165, 1.54) is 0 Å². The maximum absolute atomic E-state index is 12.0. The third-order valence-corrected chi connectivity index (χ3v) is 1.44. The van der Waals surface area contributed by atoms with E-state index in [0.29, 0.717) is 0 Å². The summed E-state index contributed by atoms with van der Waals surface area (Å²) in [6.07, 6.45) is -12.8. The molecule has 0 saturated carbocycles. The van der Waals surface area contributed by atoms with Crippen LogP contribution < -0.4 is 0 Å². The number of esters is 1. The Morgan fingerprint density at radius 2 is 1.35 bits per heavy atom. The number of halogens is 6. The lowest BCUT2D eigenvalue weighted by molar-refractivity contribution is -0.356. The fourth-order valence-electron chi connectivity index (χ4n) is 0.624. The lowest BCUT2D eigenvalue weighted by Crippen LogP contribution is -2.63. The smallest absolute Gasteiger partial charge is 0.437 e. The standard InChI is InChI=1S/C6H4F6O5/c7-5(8,9)4(16,6(10,11)12)3(15)17-1-2(13)14/h16H,1H2,(H,13,14). The largest absolute Gasteiger partial charge is 0.479 e. The molecule has 0 saturated heterocycles. The predicted octanol–water partition coefficient (Wildman–Crippen LogP) is 0.470. The topological polar surface area (TPSA) is 83.8 Å². The molecule has 17 heavy (non-hydrogen) atoms. The van der Waals surface area contributed by atoms with Crippen LogP contribution in [0.5, 0.6) is 0 Å². The predicted molar refractivity (Wildman–Crippen MR) is 35.7 cm³/mol. The van der Waals surface area contributed by atoms with Crippen LogP contribution >= 0.6 is 0 Å². The van der Waals surface area contributed by atoms with E-state index in [2.05, 4.69) is 4.74 Å². The van der Waals surface area contributed by atoms with Gasteiger partial charge < -0.3 is 14.9 Å². The molecule has 0 atom stereocenters. The average molecular weight is 270 g/mol. The van der Waals surface area contributed by atoms with E-state index in [-0.39, 0.29) is 0 Å². The van der Waals surface area contributed by atoms with Crippen LogP contribution in [-0.2, 0) is 14.3 Å². The van der Waals surface area contributed by atoms with Gasteiger partial charge >= 0.3 is 29.9 Å². The number of carbonyl (C=O) groups excluding carboxylic acids is 1. The molecular weight excluding hydrogens is 266 g/mol. The lowest BCUT2D eigenvalue weighted by Gasteiger charge is -2.29. The molecule has 0 heterocycles. The number of alkyl halides is 6. The maximum atomic E-state index is 12.0. The Balaban J connectivity index is 5.23.